The number of alkyl halides is 6. The average Bonchev–Trinajstić information content (AvgIpc) is 3.22. The van der Waals surface area contributed by atoms with E-state index in [0.29, 0.717) is 28.6 Å². The highest BCUT2D eigenvalue weighted by atomic mass is 19.4. The number of hydrogen-bond acceptors (Lipinski definition) is 2. The maximum Gasteiger partial charge on any atom is 0.420 e. The number of halogens is 6. The SMILES string of the molecule is CC(C)c1c[nH]c2ccc(Oc3c(C(F)(F)F)cc(NC(=O)Cc4ccccc4)cc3C(F)(F)F)cc12. The van der Waals surface area contributed by atoms with Crippen molar-refractivity contribution in [3.05, 3.63) is 89.1 Å². The van der Waals surface area contributed by atoms with Gasteiger partial charge in [-0.2, -0.15) is 26.3 Å². The topological polar surface area (TPSA) is 54.1 Å². The number of hydrogen-bond donors (Lipinski definition) is 2. The number of nitrogens with one attached hydrogen (secondary N) is 2. The number of aromatic amines is 1. The van der Waals surface area contributed by atoms with Gasteiger partial charge in [0.25, 0.3) is 0 Å². The largest absolute Gasteiger partial charge is 0.456 e. The molecule has 1 amide bonds. The predicted octanol–water partition coefficient (Wildman–Crippen LogP) is 8.30. The molecule has 4 nitrogen and oxygen atoms in total. The third-order valence-corrected chi connectivity index (χ3v) is 5.72. The minimum atomic E-state index is -5.20. The molecule has 0 fully saturated rings. The maximum atomic E-state index is 14.0. The molecule has 0 aliphatic heterocycles. The van der Waals surface area contributed by atoms with Crippen LogP contribution in [0.3, 0.4) is 0 Å². The number of ether oxygens (including phenoxy) is 1. The number of H-pyrrole nitrogens is 1. The van der Waals surface area contributed by atoms with Gasteiger partial charge in [0.15, 0.2) is 5.75 Å². The van der Waals surface area contributed by atoms with E-state index in [1.807, 2.05) is 13.8 Å². The summed E-state index contributed by atoms with van der Waals surface area (Å²) in [7, 11) is 0. The van der Waals surface area contributed by atoms with Crippen molar-refractivity contribution in [1.29, 1.82) is 0 Å². The summed E-state index contributed by atoms with van der Waals surface area (Å²) in [6.45, 7) is 3.81. The van der Waals surface area contributed by atoms with E-state index >= 15 is 0 Å². The van der Waals surface area contributed by atoms with Crippen LogP contribution in [0.15, 0.2) is 66.9 Å². The van der Waals surface area contributed by atoms with Gasteiger partial charge in [0, 0.05) is 22.8 Å². The normalized spacial score (nSPS) is 12.2. The van der Waals surface area contributed by atoms with Crippen LogP contribution in [0.4, 0.5) is 32.0 Å². The molecule has 0 aliphatic carbocycles. The average molecular weight is 520 g/mol. The van der Waals surface area contributed by atoms with Crippen LogP contribution < -0.4 is 10.1 Å². The molecule has 0 saturated heterocycles. The predicted molar refractivity (Wildman–Crippen MR) is 128 cm³/mol. The van der Waals surface area contributed by atoms with E-state index in [0.717, 1.165) is 5.56 Å². The summed E-state index contributed by atoms with van der Waals surface area (Å²) in [6, 6.07) is 13.4. The summed E-state index contributed by atoms with van der Waals surface area (Å²) < 4.78 is 89.2. The first-order valence-corrected chi connectivity index (χ1v) is 11.3. The Bertz CT molecular complexity index is 1390. The van der Waals surface area contributed by atoms with Crippen molar-refractivity contribution in [3.63, 3.8) is 0 Å². The zero-order valence-corrected chi connectivity index (χ0v) is 19.7. The molecule has 3 aromatic carbocycles. The zero-order valence-electron chi connectivity index (χ0n) is 19.7. The van der Waals surface area contributed by atoms with Crippen LogP contribution in [-0.4, -0.2) is 10.9 Å². The van der Waals surface area contributed by atoms with Crippen LogP contribution in [0.5, 0.6) is 11.5 Å². The highest BCUT2D eigenvalue weighted by Crippen LogP contribution is 2.47. The number of amides is 1. The summed E-state index contributed by atoms with van der Waals surface area (Å²) in [4.78, 5) is 15.4. The molecule has 1 aromatic heterocycles. The third kappa shape index (κ3) is 5.90. The first-order valence-electron chi connectivity index (χ1n) is 11.3. The van der Waals surface area contributed by atoms with Crippen molar-refractivity contribution in [2.75, 3.05) is 5.32 Å². The summed E-state index contributed by atoms with van der Waals surface area (Å²) >= 11 is 0. The second-order valence-corrected chi connectivity index (χ2v) is 8.81. The van der Waals surface area contributed by atoms with E-state index in [1.54, 1.807) is 36.5 Å². The molecule has 0 bridgehead atoms. The van der Waals surface area contributed by atoms with Crippen molar-refractivity contribution in [2.24, 2.45) is 0 Å². The minimum absolute atomic E-state index is 0.0549. The lowest BCUT2D eigenvalue weighted by molar-refractivity contribution is -0.145. The molecule has 0 radical (unpaired) electrons. The first-order chi connectivity index (χ1) is 17.3. The van der Waals surface area contributed by atoms with Crippen molar-refractivity contribution in [2.45, 2.75) is 38.5 Å². The molecular weight excluding hydrogens is 498 g/mol. The highest BCUT2D eigenvalue weighted by molar-refractivity contribution is 5.92. The van der Waals surface area contributed by atoms with Gasteiger partial charge in [-0.05, 0) is 47.4 Å². The lowest BCUT2D eigenvalue weighted by atomic mass is 10.0. The summed E-state index contributed by atoms with van der Waals surface area (Å²) in [5.74, 6) is -2.28. The summed E-state index contributed by atoms with van der Waals surface area (Å²) in [5.41, 5.74) is -1.90. The molecule has 0 spiro atoms. The van der Waals surface area contributed by atoms with E-state index in [1.165, 1.54) is 18.2 Å². The Morgan fingerprint density at radius 3 is 2.11 bits per heavy atom. The molecule has 10 heteroatoms. The molecule has 2 N–H and O–H groups in total. The fourth-order valence-corrected chi connectivity index (χ4v) is 4.00. The summed E-state index contributed by atoms with van der Waals surface area (Å²) in [5, 5.41) is 2.77. The van der Waals surface area contributed by atoms with Crippen LogP contribution in [0.25, 0.3) is 10.9 Å². The van der Waals surface area contributed by atoms with Crippen LogP contribution in [-0.2, 0) is 23.6 Å². The van der Waals surface area contributed by atoms with Crippen LogP contribution >= 0.6 is 0 Å². The number of carbonyl (C=O) groups excluding carboxylic acids is 1. The Labute approximate surface area is 208 Å². The maximum absolute atomic E-state index is 14.0. The van der Waals surface area contributed by atoms with Gasteiger partial charge in [-0.15, -0.1) is 0 Å². The fourth-order valence-electron chi connectivity index (χ4n) is 4.00. The van der Waals surface area contributed by atoms with Crippen LogP contribution in [0.1, 0.15) is 42.0 Å². The molecule has 194 valence electrons. The number of aromatic nitrogens is 1. The highest BCUT2D eigenvalue weighted by Gasteiger charge is 2.43. The van der Waals surface area contributed by atoms with Gasteiger partial charge >= 0.3 is 12.4 Å². The quantitative estimate of drug-likeness (QED) is 0.251. The van der Waals surface area contributed by atoms with Gasteiger partial charge in [-0.3, -0.25) is 4.79 Å². The number of fused-ring (bicyclic) bond motifs is 1. The van der Waals surface area contributed by atoms with Gasteiger partial charge in [0.1, 0.15) is 16.9 Å². The molecule has 0 unspecified atom stereocenters. The fraction of sp³-hybridized carbons (Fsp3) is 0.222. The van der Waals surface area contributed by atoms with Crippen LogP contribution in [0, 0.1) is 0 Å². The second-order valence-electron chi connectivity index (χ2n) is 8.81. The minimum Gasteiger partial charge on any atom is -0.456 e. The molecule has 0 atom stereocenters. The Morgan fingerprint density at radius 2 is 1.54 bits per heavy atom. The standard InChI is InChI=1S/C27H22F6N2O2/c1-15(2)20-14-34-23-9-8-18(13-19(20)23)37-25-21(26(28,29)30)11-17(12-22(25)27(31,32)33)35-24(36)10-16-6-4-3-5-7-16/h3-9,11-15,34H,10H2,1-2H3,(H,35,36). The number of benzene rings is 3. The van der Waals surface area contributed by atoms with Gasteiger partial charge in [0.05, 0.1) is 6.42 Å². The van der Waals surface area contributed by atoms with Crippen molar-refractivity contribution >= 4 is 22.5 Å². The van der Waals surface area contributed by atoms with E-state index in [4.69, 9.17) is 4.74 Å². The molecular formula is C27H22F6N2O2. The van der Waals surface area contributed by atoms with Gasteiger partial charge in [-0.1, -0.05) is 44.2 Å². The Morgan fingerprint density at radius 1 is 0.919 bits per heavy atom. The molecule has 1 heterocycles. The van der Waals surface area contributed by atoms with E-state index in [2.05, 4.69) is 10.3 Å². The van der Waals surface area contributed by atoms with Crippen molar-refractivity contribution < 1.29 is 35.9 Å². The smallest absolute Gasteiger partial charge is 0.420 e. The second kappa shape index (κ2) is 9.84. The van der Waals surface area contributed by atoms with E-state index < -0.39 is 40.8 Å². The number of anilines is 1. The first kappa shape index (κ1) is 26.1. The molecule has 0 aliphatic rings. The number of rotatable bonds is 6. The lowest BCUT2D eigenvalue weighted by Crippen LogP contribution is -2.18. The number of carbonyl (C=O) groups is 1. The van der Waals surface area contributed by atoms with E-state index in [-0.39, 0.29) is 18.1 Å². The Kier molecular flexibility index (Phi) is 6.94. The molecule has 4 aromatic rings. The van der Waals surface area contributed by atoms with E-state index in [9.17, 15) is 31.1 Å². The van der Waals surface area contributed by atoms with Crippen LogP contribution in [0.2, 0.25) is 0 Å². The van der Waals surface area contributed by atoms with Gasteiger partial charge in [-0.25, -0.2) is 0 Å². The third-order valence-electron chi connectivity index (χ3n) is 5.72. The lowest BCUT2D eigenvalue weighted by Gasteiger charge is -2.21. The monoisotopic (exact) mass is 520 g/mol. The Balaban J connectivity index is 1.76. The molecule has 0 saturated carbocycles. The van der Waals surface area contributed by atoms with Gasteiger partial charge < -0.3 is 15.0 Å². The Hall–Kier alpha value is -3.95. The zero-order chi connectivity index (χ0) is 27.0. The van der Waals surface area contributed by atoms with Crippen molar-refractivity contribution in [1.82, 2.24) is 4.98 Å². The molecule has 4 rings (SSSR count). The molecule has 37 heavy (non-hydrogen) atoms. The summed E-state index contributed by atoms with van der Waals surface area (Å²) in [6.07, 6.45) is -8.89. The van der Waals surface area contributed by atoms with Gasteiger partial charge in [0.2, 0.25) is 5.91 Å². The van der Waals surface area contributed by atoms with Crippen molar-refractivity contribution in [3.8, 4) is 11.5 Å².